The van der Waals surface area contributed by atoms with E-state index in [4.69, 9.17) is 0 Å². The van der Waals surface area contributed by atoms with E-state index in [2.05, 4.69) is 19.1 Å². The van der Waals surface area contributed by atoms with Gasteiger partial charge in [-0.3, -0.25) is 0 Å². The number of benzene rings is 1. The number of aryl methyl sites for hydroxylation is 1. The summed E-state index contributed by atoms with van der Waals surface area (Å²) in [7, 11) is 0. The third-order valence-electron chi connectivity index (χ3n) is 2.90. The van der Waals surface area contributed by atoms with E-state index in [1.807, 2.05) is 19.1 Å². The molecule has 2 heteroatoms. The Morgan fingerprint density at radius 1 is 0.938 bits per heavy atom. The summed E-state index contributed by atoms with van der Waals surface area (Å²) < 4.78 is 0. The zero-order chi connectivity index (χ0) is 12.0. The van der Waals surface area contributed by atoms with E-state index >= 15 is 0 Å². The van der Waals surface area contributed by atoms with Crippen LogP contribution in [0.3, 0.4) is 0 Å². The second-order valence-corrected chi connectivity index (χ2v) is 4.30. The molecule has 0 aromatic heterocycles. The Hall–Kier alpha value is -0.860. The van der Waals surface area contributed by atoms with Crippen molar-refractivity contribution in [1.82, 2.24) is 0 Å². The second-order valence-electron chi connectivity index (χ2n) is 4.30. The zero-order valence-electron chi connectivity index (χ0n) is 10.2. The summed E-state index contributed by atoms with van der Waals surface area (Å²) in [4.78, 5) is 0. The maximum atomic E-state index is 9.78. The minimum Gasteiger partial charge on any atom is -0.390 e. The van der Waals surface area contributed by atoms with Gasteiger partial charge in [0, 0.05) is 6.42 Å². The lowest BCUT2D eigenvalue weighted by Crippen LogP contribution is -2.27. The monoisotopic (exact) mass is 222 g/mol. The van der Waals surface area contributed by atoms with Crippen LogP contribution in [0.25, 0.3) is 0 Å². The molecule has 0 saturated carbocycles. The molecular formula is C14H22O2. The zero-order valence-corrected chi connectivity index (χ0v) is 10.2. The molecule has 2 atom stereocenters. The van der Waals surface area contributed by atoms with Gasteiger partial charge in [-0.25, -0.2) is 0 Å². The quantitative estimate of drug-likeness (QED) is 0.775. The Bertz CT molecular complexity index is 292. The highest BCUT2D eigenvalue weighted by atomic mass is 16.3. The van der Waals surface area contributed by atoms with Crippen LogP contribution in [0.4, 0.5) is 0 Å². The van der Waals surface area contributed by atoms with Gasteiger partial charge in [0.25, 0.3) is 0 Å². The molecule has 0 aliphatic carbocycles. The van der Waals surface area contributed by atoms with E-state index in [1.165, 1.54) is 5.56 Å². The molecule has 0 bridgehead atoms. The third-order valence-corrected chi connectivity index (χ3v) is 2.90. The molecule has 2 nitrogen and oxygen atoms in total. The van der Waals surface area contributed by atoms with Gasteiger partial charge in [-0.05, 0) is 24.0 Å². The van der Waals surface area contributed by atoms with Crippen molar-refractivity contribution in [2.24, 2.45) is 0 Å². The first-order valence-electron chi connectivity index (χ1n) is 6.11. The van der Waals surface area contributed by atoms with E-state index in [1.54, 1.807) is 0 Å². The van der Waals surface area contributed by atoms with Crippen LogP contribution in [-0.2, 0) is 12.8 Å². The predicted molar refractivity (Wildman–Crippen MR) is 66.4 cm³/mol. The highest BCUT2D eigenvalue weighted by Crippen LogP contribution is 2.11. The fraction of sp³-hybridized carbons (Fsp3) is 0.571. The van der Waals surface area contributed by atoms with Gasteiger partial charge in [0.1, 0.15) is 0 Å². The van der Waals surface area contributed by atoms with Gasteiger partial charge in [-0.15, -0.1) is 0 Å². The van der Waals surface area contributed by atoms with Crippen LogP contribution in [0.1, 0.15) is 37.8 Å². The van der Waals surface area contributed by atoms with Crippen LogP contribution >= 0.6 is 0 Å². The predicted octanol–water partition coefficient (Wildman–Crippen LogP) is 2.31. The summed E-state index contributed by atoms with van der Waals surface area (Å²) in [6, 6.07) is 8.21. The third kappa shape index (κ3) is 3.95. The molecule has 0 aliphatic heterocycles. The molecule has 90 valence electrons. The van der Waals surface area contributed by atoms with Gasteiger partial charge < -0.3 is 10.2 Å². The normalized spacial score (nSPS) is 14.8. The summed E-state index contributed by atoms with van der Waals surface area (Å²) in [5.74, 6) is 0. The largest absolute Gasteiger partial charge is 0.390 e. The van der Waals surface area contributed by atoms with Crippen molar-refractivity contribution in [3.8, 4) is 0 Å². The lowest BCUT2D eigenvalue weighted by molar-refractivity contribution is 0.0148. The minimum absolute atomic E-state index is 0.533. The maximum Gasteiger partial charge on any atom is 0.0839 e. The Labute approximate surface area is 97.9 Å². The van der Waals surface area contributed by atoms with Crippen molar-refractivity contribution in [3.05, 3.63) is 35.4 Å². The van der Waals surface area contributed by atoms with E-state index in [0.717, 1.165) is 18.4 Å². The Balaban J connectivity index is 2.52. The smallest absolute Gasteiger partial charge is 0.0839 e. The number of rotatable bonds is 6. The Kier molecular flexibility index (Phi) is 5.50. The minimum atomic E-state index is -0.646. The Morgan fingerprint density at radius 3 is 2.00 bits per heavy atom. The van der Waals surface area contributed by atoms with E-state index in [9.17, 15) is 10.2 Å². The van der Waals surface area contributed by atoms with Gasteiger partial charge in [-0.1, -0.05) is 44.5 Å². The molecule has 1 aromatic rings. The fourth-order valence-corrected chi connectivity index (χ4v) is 1.78. The second kappa shape index (κ2) is 6.66. The lowest BCUT2D eigenvalue weighted by atomic mass is 10.00. The first-order chi connectivity index (χ1) is 7.67. The molecule has 2 N–H and O–H groups in total. The van der Waals surface area contributed by atoms with Crippen LogP contribution in [0.15, 0.2) is 24.3 Å². The van der Waals surface area contributed by atoms with Gasteiger partial charge in [0.2, 0.25) is 0 Å². The fourth-order valence-electron chi connectivity index (χ4n) is 1.78. The van der Waals surface area contributed by atoms with Crippen molar-refractivity contribution in [2.75, 3.05) is 0 Å². The molecule has 0 spiro atoms. The highest BCUT2D eigenvalue weighted by Gasteiger charge is 2.15. The molecule has 16 heavy (non-hydrogen) atoms. The number of hydrogen-bond acceptors (Lipinski definition) is 2. The molecule has 1 aromatic carbocycles. The summed E-state index contributed by atoms with van der Waals surface area (Å²) in [5, 5.41) is 19.4. The first-order valence-corrected chi connectivity index (χ1v) is 6.11. The SMILES string of the molecule is CCCC(O)C(O)Cc1ccc(CC)cc1. The lowest BCUT2D eigenvalue weighted by Gasteiger charge is -2.17. The van der Waals surface area contributed by atoms with Crippen molar-refractivity contribution >= 4 is 0 Å². The molecule has 0 fully saturated rings. The van der Waals surface area contributed by atoms with Crippen LogP contribution in [-0.4, -0.2) is 22.4 Å². The number of aliphatic hydroxyl groups is 2. The standard InChI is InChI=1S/C14H22O2/c1-3-5-13(15)14(16)10-12-8-6-11(4-2)7-9-12/h6-9,13-16H,3-5,10H2,1-2H3. The van der Waals surface area contributed by atoms with Crippen LogP contribution < -0.4 is 0 Å². The number of aliphatic hydroxyl groups excluding tert-OH is 2. The Morgan fingerprint density at radius 2 is 1.50 bits per heavy atom. The van der Waals surface area contributed by atoms with Crippen LogP contribution in [0.5, 0.6) is 0 Å². The van der Waals surface area contributed by atoms with Gasteiger partial charge in [0.15, 0.2) is 0 Å². The number of hydrogen-bond donors (Lipinski definition) is 2. The molecular weight excluding hydrogens is 200 g/mol. The molecule has 0 amide bonds. The van der Waals surface area contributed by atoms with Crippen molar-refractivity contribution in [2.45, 2.75) is 51.7 Å². The topological polar surface area (TPSA) is 40.5 Å². The molecule has 0 heterocycles. The van der Waals surface area contributed by atoms with Crippen molar-refractivity contribution in [3.63, 3.8) is 0 Å². The average molecular weight is 222 g/mol. The first kappa shape index (κ1) is 13.2. The molecule has 0 saturated heterocycles. The summed E-state index contributed by atoms with van der Waals surface area (Å²) in [6.45, 7) is 4.13. The van der Waals surface area contributed by atoms with Crippen LogP contribution in [0, 0.1) is 0 Å². The molecule has 2 unspecified atom stereocenters. The van der Waals surface area contributed by atoms with E-state index in [0.29, 0.717) is 12.8 Å². The van der Waals surface area contributed by atoms with Gasteiger partial charge >= 0.3 is 0 Å². The summed E-state index contributed by atoms with van der Waals surface area (Å²) >= 11 is 0. The highest BCUT2D eigenvalue weighted by molar-refractivity contribution is 5.23. The van der Waals surface area contributed by atoms with Gasteiger partial charge in [0.05, 0.1) is 12.2 Å². The molecule has 0 aliphatic rings. The van der Waals surface area contributed by atoms with Crippen molar-refractivity contribution < 1.29 is 10.2 Å². The molecule has 1 rings (SSSR count). The maximum absolute atomic E-state index is 9.78. The average Bonchev–Trinajstić information content (AvgIpc) is 2.30. The van der Waals surface area contributed by atoms with E-state index < -0.39 is 12.2 Å². The van der Waals surface area contributed by atoms with E-state index in [-0.39, 0.29) is 0 Å². The summed E-state index contributed by atoms with van der Waals surface area (Å²) in [6.07, 6.45) is 1.87. The molecule has 0 radical (unpaired) electrons. The van der Waals surface area contributed by atoms with Gasteiger partial charge in [-0.2, -0.15) is 0 Å². The van der Waals surface area contributed by atoms with Crippen molar-refractivity contribution in [1.29, 1.82) is 0 Å². The summed E-state index contributed by atoms with van der Waals surface area (Å²) in [5.41, 5.74) is 2.38. The van der Waals surface area contributed by atoms with Crippen LogP contribution in [0.2, 0.25) is 0 Å².